The Morgan fingerprint density at radius 1 is 1.32 bits per heavy atom. The predicted molar refractivity (Wildman–Crippen MR) is 86.1 cm³/mol. The topological polar surface area (TPSA) is 88.5 Å². The number of halogens is 2. The summed E-state index contributed by atoms with van der Waals surface area (Å²) in [6, 6.07) is 4.68. The van der Waals surface area contributed by atoms with E-state index >= 15 is 0 Å². The van der Waals surface area contributed by atoms with Crippen molar-refractivity contribution in [3.63, 3.8) is 0 Å². The molecule has 1 aromatic rings. The van der Waals surface area contributed by atoms with Crippen LogP contribution in [0.3, 0.4) is 0 Å². The van der Waals surface area contributed by atoms with Crippen molar-refractivity contribution in [1.29, 1.82) is 0 Å². The molecule has 25 heavy (non-hydrogen) atoms. The van der Waals surface area contributed by atoms with Gasteiger partial charge in [0.2, 0.25) is 0 Å². The largest absolute Gasteiger partial charge is 0.489 e. The molecule has 1 heterocycles. The van der Waals surface area contributed by atoms with Crippen LogP contribution in [0.2, 0.25) is 0 Å². The van der Waals surface area contributed by atoms with Crippen molar-refractivity contribution in [3.8, 4) is 17.2 Å². The first-order valence-corrected chi connectivity index (χ1v) is 8.26. The van der Waals surface area contributed by atoms with Crippen molar-refractivity contribution in [1.82, 2.24) is 5.32 Å². The Morgan fingerprint density at radius 2 is 2.16 bits per heavy atom. The van der Waals surface area contributed by atoms with E-state index in [1.807, 2.05) is 0 Å². The molecule has 1 N–H and O–H groups in total. The van der Waals surface area contributed by atoms with Crippen molar-refractivity contribution < 1.29 is 23.0 Å². The third-order valence-electron chi connectivity index (χ3n) is 4.15. The molecule has 1 aliphatic carbocycles. The summed E-state index contributed by atoms with van der Waals surface area (Å²) in [4.78, 5) is 2.75. The van der Waals surface area contributed by atoms with E-state index in [0.29, 0.717) is 37.8 Å². The molecule has 0 spiro atoms. The minimum atomic E-state index is -2.91. The molecule has 1 saturated carbocycles. The minimum absolute atomic E-state index is 0.00813. The Balaban J connectivity index is 1.62. The first kappa shape index (κ1) is 17.6. The number of azide groups is 1. The lowest BCUT2D eigenvalue weighted by molar-refractivity contribution is -0.0515. The monoisotopic (exact) mass is 354 g/mol. The third kappa shape index (κ3) is 5.37. The van der Waals surface area contributed by atoms with Crippen LogP contribution < -0.4 is 19.5 Å². The van der Waals surface area contributed by atoms with Crippen LogP contribution in [0, 0.1) is 5.92 Å². The molecule has 0 aromatic heterocycles. The van der Waals surface area contributed by atoms with Gasteiger partial charge in [0.05, 0.1) is 6.61 Å². The second-order valence-corrected chi connectivity index (χ2v) is 6.24. The molecule has 2 atom stereocenters. The van der Waals surface area contributed by atoms with Gasteiger partial charge in [0.1, 0.15) is 11.9 Å². The Morgan fingerprint density at radius 3 is 2.88 bits per heavy atom. The van der Waals surface area contributed by atoms with Crippen LogP contribution in [0.4, 0.5) is 8.78 Å². The summed E-state index contributed by atoms with van der Waals surface area (Å²) in [7, 11) is 0. The molecule has 1 saturated heterocycles. The van der Waals surface area contributed by atoms with Gasteiger partial charge in [0.15, 0.2) is 11.5 Å². The van der Waals surface area contributed by atoms with E-state index in [4.69, 9.17) is 15.0 Å². The molecule has 3 rings (SSSR count). The number of hydrogen-bond donors (Lipinski definition) is 1. The molecule has 2 aliphatic rings. The van der Waals surface area contributed by atoms with Gasteiger partial charge in [-0.3, -0.25) is 0 Å². The van der Waals surface area contributed by atoms with Gasteiger partial charge in [0, 0.05) is 36.5 Å². The van der Waals surface area contributed by atoms with E-state index in [9.17, 15) is 8.78 Å². The standard InChI is InChI=1S/C16H20F2N4O3/c17-16(18)25-14-4-3-12(6-15(14)23-9-10-1-2-10)24-13-5-11(20-8-13)7-21-22-19/h3-4,6,10-11,13,16,20H,1-2,5,7-9H2/t11-,13+/m1/s1. The molecular formula is C16H20F2N4O3. The van der Waals surface area contributed by atoms with E-state index in [-0.39, 0.29) is 23.6 Å². The van der Waals surface area contributed by atoms with E-state index in [0.717, 1.165) is 12.8 Å². The van der Waals surface area contributed by atoms with Crippen molar-refractivity contribution in [2.75, 3.05) is 19.7 Å². The zero-order chi connectivity index (χ0) is 17.6. The average Bonchev–Trinajstić information content (AvgIpc) is 3.31. The second-order valence-electron chi connectivity index (χ2n) is 6.24. The Labute approximate surface area is 143 Å². The average molecular weight is 354 g/mol. The van der Waals surface area contributed by atoms with Gasteiger partial charge in [-0.25, -0.2) is 0 Å². The fourth-order valence-corrected chi connectivity index (χ4v) is 2.70. The van der Waals surface area contributed by atoms with Crippen LogP contribution in [0.15, 0.2) is 23.3 Å². The van der Waals surface area contributed by atoms with Crippen LogP contribution in [0.1, 0.15) is 19.3 Å². The molecular weight excluding hydrogens is 334 g/mol. The number of alkyl halides is 2. The van der Waals surface area contributed by atoms with Crippen molar-refractivity contribution in [3.05, 3.63) is 28.6 Å². The molecule has 0 unspecified atom stereocenters. The summed E-state index contributed by atoms with van der Waals surface area (Å²) in [6.07, 6.45) is 2.81. The Kier molecular flexibility index (Phi) is 5.78. The molecule has 0 radical (unpaired) electrons. The molecule has 0 amide bonds. The number of nitrogens with zero attached hydrogens (tertiary/aromatic N) is 3. The van der Waals surface area contributed by atoms with Crippen LogP contribution in [0.5, 0.6) is 17.2 Å². The number of rotatable bonds is 9. The first-order valence-electron chi connectivity index (χ1n) is 8.26. The third-order valence-corrected chi connectivity index (χ3v) is 4.15. The Hall–Kier alpha value is -2.25. The maximum atomic E-state index is 12.5. The first-order chi connectivity index (χ1) is 12.1. The summed E-state index contributed by atoms with van der Waals surface area (Å²) >= 11 is 0. The van der Waals surface area contributed by atoms with E-state index in [1.165, 1.54) is 6.07 Å². The highest BCUT2D eigenvalue weighted by Crippen LogP contribution is 2.36. The van der Waals surface area contributed by atoms with Gasteiger partial charge < -0.3 is 19.5 Å². The number of ether oxygens (including phenoxy) is 3. The highest BCUT2D eigenvalue weighted by Gasteiger charge is 2.26. The molecule has 2 fully saturated rings. The lowest BCUT2D eigenvalue weighted by atomic mass is 10.2. The smallest absolute Gasteiger partial charge is 0.387 e. The lowest BCUT2D eigenvalue weighted by Gasteiger charge is -2.16. The van der Waals surface area contributed by atoms with Crippen molar-refractivity contribution in [2.45, 2.75) is 38.0 Å². The lowest BCUT2D eigenvalue weighted by Crippen LogP contribution is -2.24. The van der Waals surface area contributed by atoms with E-state index in [1.54, 1.807) is 12.1 Å². The zero-order valence-electron chi connectivity index (χ0n) is 13.6. The van der Waals surface area contributed by atoms with Crippen molar-refractivity contribution in [2.24, 2.45) is 11.0 Å². The maximum Gasteiger partial charge on any atom is 0.387 e. The van der Waals surface area contributed by atoms with Gasteiger partial charge >= 0.3 is 6.61 Å². The van der Waals surface area contributed by atoms with Crippen molar-refractivity contribution >= 4 is 0 Å². The van der Waals surface area contributed by atoms with Gasteiger partial charge in [-0.1, -0.05) is 5.11 Å². The van der Waals surface area contributed by atoms with Gasteiger partial charge in [-0.05, 0) is 36.4 Å². The fourth-order valence-electron chi connectivity index (χ4n) is 2.70. The number of nitrogens with one attached hydrogen (secondary N) is 1. The summed E-state index contributed by atoms with van der Waals surface area (Å²) < 4.78 is 41.1. The highest BCUT2D eigenvalue weighted by atomic mass is 19.3. The van der Waals surface area contributed by atoms with E-state index < -0.39 is 6.61 Å². The minimum Gasteiger partial charge on any atom is -0.489 e. The maximum absolute atomic E-state index is 12.5. The molecule has 7 nitrogen and oxygen atoms in total. The molecule has 136 valence electrons. The zero-order valence-corrected chi connectivity index (χ0v) is 13.6. The highest BCUT2D eigenvalue weighted by molar-refractivity contribution is 5.45. The molecule has 0 bridgehead atoms. The predicted octanol–water partition coefficient (Wildman–Crippen LogP) is 3.50. The van der Waals surface area contributed by atoms with Crippen LogP contribution in [-0.4, -0.2) is 38.5 Å². The quantitative estimate of drug-likeness (QED) is 0.418. The van der Waals surface area contributed by atoms with E-state index in [2.05, 4.69) is 20.1 Å². The summed E-state index contributed by atoms with van der Waals surface area (Å²) in [5.74, 6) is 1.29. The van der Waals surface area contributed by atoms with Gasteiger partial charge in [-0.2, -0.15) is 8.78 Å². The molecule has 9 heteroatoms. The fraction of sp³-hybridized carbons (Fsp3) is 0.625. The summed E-state index contributed by atoms with van der Waals surface area (Å²) in [6.45, 7) is -1.43. The molecule has 1 aliphatic heterocycles. The Bertz CT molecular complexity index is 636. The van der Waals surface area contributed by atoms with Crippen LogP contribution in [-0.2, 0) is 0 Å². The SMILES string of the molecule is [N-]=[N+]=NC[C@H]1C[C@H](Oc2ccc(OC(F)F)c(OCC3CC3)c2)CN1. The van der Waals surface area contributed by atoms with Crippen LogP contribution in [0.25, 0.3) is 10.4 Å². The number of benzene rings is 1. The summed E-state index contributed by atoms with van der Waals surface area (Å²) in [5, 5.41) is 6.77. The van der Waals surface area contributed by atoms with Crippen LogP contribution >= 0.6 is 0 Å². The normalized spacial score (nSPS) is 22.5. The second kappa shape index (κ2) is 8.22. The molecule has 1 aromatic carbocycles. The summed E-state index contributed by atoms with van der Waals surface area (Å²) in [5.41, 5.74) is 8.36. The van der Waals surface area contributed by atoms with Gasteiger partial charge in [-0.15, -0.1) is 0 Å². The van der Waals surface area contributed by atoms with Gasteiger partial charge in [0.25, 0.3) is 0 Å². The number of hydrogen-bond acceptors (Lipinski definition) is 5.